The first-order valence-corrected chi connectivity index (χ1v) is 6.41. The van der Waals surface area contributed by atoms with Gasteiger partial charge < -0.3 is 10.6 Å². The quantitative estimate of drug-likeness (QED) is 0.714. The fraction of sp³-hybridized carbons (Fsp3) is 0.923. The molecule has 0 aromatic heterocycles. The van der Waals surface area contributed by atoms with Gasteiger partial charge >= 0.3 is 0 Å². The van der Waals surface area contributed by atoms with Crippen molar-refractivity contribution in [3.05, 3.63) is 0 Å². The number of aliphatic imine (C=N–C) groups is 1. The van der Waals surface area contributed by atoms with E-state index in [9.17, 15) is 0 Å². The number of hydrogen-bond donors (Lipinski definition) is 2. The van der Waals surface area contributed by atoms with E-state index in [4.69, 9.17) is 0 Å². The number of rotatable bonds is 1. The van der Waals surface area contributed by atoms with Gasteiger partial charge in [-0.1, -0.05) is 27.7 Å². The zero-order valence-corrected chi connectivity index (χ0v) is 11.1. The van der Waals surface area contributed by atoms with E-state index >= 15 is 0 Å². The molecule has 0 unspecified atom stereocenters. The molecule has 1 aliphatic carbocycles. The minimum Gasteiger partial charge on any atom is -0.355 e. The lowest BCUT2D eigenvalue weighted by atomic mass is 9.63. The van der Waals surface area contributed by atoms with Crippen LogP contribution in [0.15, 0.2) is 4.99 Å². The smallest absolute Gasteiger partial charge is 0.191 e. The summed E-state index contributed by atoms with van der Waals surface area (Å²) in [5.74, 6) is 1.01. The molecule has 0 radical (unpaired) electrons. The molecule has 2 N–H and O–H groups in total. The van der Waals surface area contributed by atoms with Gasteiger partial charge in [-0.25, -0.2) is 0 Å². The van der Waals surface area contributed by atoms with Crippen molar-refractivity contribution in [2.75, 3.05) is 13.1 Å². The molecule has 0 aromatic rings. The highest BCUT2D eigenvalue weighted by atomic mass is 15.2. The molecule has 3 heteroatoms. The molecular weight excluding hydrogens is 198 g/mol. The number of hydrogen-bond acceptors (Lipinski definition) is 3. The van der Waals surface area contributed by atoms with Crippen LogP contribution in [-0.2, 0) is 0 Å². The Morgan fingerprint density at radius 2 is 1.81 bits per heavy atom. The average Bonchev–Trinajstić information content (AvgIpc) is 2.49. The Hall–Kier alpha value is -0.730. The van der Waals surface area contributed by atoms with Gasteiger partial charge in [0.2, 0.25) is 0 Å². The Bertz CT molecular complexity index is 276. The third-order valence-electron chi connectivity index (χ3n) is 3.57. The van der Waals surface area contributed by atoms with Crippen LogP contribution >= 0.6 is 0 Å². The standard InChI is InChI=1S/C13H25N3/c1-12(2)7-10(8-13(3,4)9-12)16-11-14-5-6-15-11/h10H,5-9H2,1-4H3,(H2,14,15,16). The van der Waals surface area contributed by atoms with Gasteiger partial charge in [0.1, 0.15) is 0 Å². The molecule has 92 valence electrons. The van der Waals surface area contributed by atoms with Gasteiger partial charge in [0.25, 0.3) is 0 Å². The molecule has 0 saturated heterocycles. The fourth-order valence-electron chi connectivity index (χ4n) is 3.64. The van der Waals surface area contributed by atoms with Crippen LogP contribution in [0, 0.1) is 10.8 Å². The Morgan fingerprint density at radius 1 is 1.19 bits per heavy atom. The molecule has 3 nitrogen and oxygen atoms in total. The molecule has 2 aliphatic rings. The van der Waals surface area contributed by atoms with Crippen LogP contribution in [0.3, 0.4) is 0 Å². The fourth-order valence-corrected chi connectivity index (χ4v) is 3.64. The minimum absolute atomic E-state index is 0.443. The highest BCUT2D eigenvalue weighted by Gasteiger charge is 2.38. The van der Waals surface area contributed by atoms with E-state index in [0.717, 1.165) is 19.0 Å². The monoisotopic (exact) mass is 223 g/mol. The average molecular weight is 223 g/mol. The highest BCUT2D eigenvalue weighted by molar-refractivity contribution is 5.81. The predicted molar refractivity (Wildman–Crippen MR) is 68.6 cm³/mol. The summed E-state index contributed by atoms with van der Waals surface area (Å²) in [7, 11) is 0. The summed E-state index contributed by atoms with van der Waals surface area (Å²) in [6, 6.07) is 0.572. The molecule has 0 aromatic carbocycles. The van der Waals surface area contributed by atoms with Crippen molar-refractivity contribution >= 4 is 5.96 Å². The molecule has 16 heavy (non-hydrogen) atoms. The third-order valence-corrected chi connectivity index (χ3v) is 3.57. The van der Waals surface area contributed by atoms with Crippen LogP contribution in [0.25, 0.3) is 0 Å². The van der Waals surface area contributed by atoms with E-state index in [1.165, 1.54) is 19.3 Å². The van der Waals surface area contributed by atoms with Gasteiger partial charge in [0.05, 0.1) is 6.54 Å². The van der Waals surface area contributed by atoms with Crippen molar-refractivity contribution in [1.29, 1.82) is 0 Å². The van der Waals surface area contributed by atoms with Gasteiger partial charge in [0.15, 0.2) is 5.96 Å². The van der Waals surface area contributed by atoms with Crippen molar-refractivity contribution in [3.63, 3.8) is 0 Å². The molecule has 0 spiro atoms. The largest absolute Gasteiger partial charge is 0.355 e. The van der Waals surface area contributed by atoms with E-state index in [1.807, 2.05) is 0 Å². The van der Waals surface area contributed by atoms with Gasteiger partial charge in [-0.3, -0.25) is 4.99 Å². The van der Waals surface area contributed by atoms with Crippen LogP contribution < -0.4 is 10.6 Å². The second kappa shape index (κ2) is 3.94. The van der Waals surface area contributed by atoms with Gasteiger partial charge in [-0.15, -0.1) is 0 Å². The van der Waals surface area contributed by atoms with E-state index in [-0.39, 0.29) is 0 Å². The zero-order chi connectivity index (χ0) is 11.8. The molecule has 1 saturated carbocycles. The first kappa shape index (κ1) is 11.7. The molecule has 0 atom stereocenters. The van der Waals surface area contributed by atoms with E-state index in [2.05, 4.69) is 43.3 Å². The van der Waals surface area contributed by atoms with Crippen LogP contribution in [0.1, 0.15) is 47.0 Å². The number of nitrogens with zero attached hydrogens (tertiary/aromatic N) is 1. The van der Waals surface area contributed by atoms with Crippen LogP contribution in [-0.4, -0.2) is 25.1 Å². The molecule has 0 bridgehead atoms. The summed E-state index contributed by atoms with van der Waals surface area (Å²) in [5, 5.41) is 6.87. The molecule has 1 fully saturated rings. The van der Waals surface area contributed by atoms with Gasteiger partial charge in [-0.2, -0.15) is 0 Å². The molecule has 2 rings (SSSR count). The Balaban J connectivity index is 1.99. The van der Waals surface area contributed by atoms with Crippen molar-refractivity contribution < 1.29 is 0 Å². The summed E-state index contributed by atoms with van der Waals surface area (Å²) < 4.78 is 0. The summed E-state index contributed by atoms with van der Waals surface area (Å²) in [5.41, 5.74) is 0.886. The lowest BCUT2D eigenvalue weighted by molar-refractivity contribution is 0.0919. The Morgan fingerprint density at radius 3 is 2.31 bits per heavy atom. The Kier molecular flexibility index (Phi) is 2.89. The lowest BCUT2D eigenvalue weighted by Crippen LogP contribution is -2.48. The second-order valence-electron chi connectivity index (χ2n) is 6.91. The van der Waals surface area contributed by atoms with Crippen molar-refractivity contribution in [2.45, 2.75) is 53.0 Å². The predicted octanol–water partition coefficient (Wildman–Crippen LogP) is 2.14. The zero-order valence-electron chi connectivity index (χ0n) is 11.1. The normalized spacial score (nSPS) is 28.4. The van der Waals surface area contributed by atoms with Crippen molar-refractivity contribution in [3.8, 4) is 0 Å². The maximum atomic E-state index is 4.42. The van der Waals surface area contributed by atoms with Gasteiger partial charge in [0, 0.05) is 12.6 Å². The van der Waals surface area contributed by atoms with E-state index < -0.39 is 0 Å². The van der Waals surface area contributed by atoms with E-state index in [1.54, 1.807) is 0 Å². The molecular formula is C13H25N3. The second-order valence-corrected chi connectivity index (χ2v) is 6.91. The third kappa shape index (κ3) is 2.89. The highest BCUT2D eigenvalue weighted by Crippen LogP contribution is 2.45. The molecule has 0 amide bonds. The van der Waals surface area contributed by atoms with Crippen molar-refractivity contribution in [1.82, 2.24) is 10.6 Å². The number of nitrogens with one attached hydrogen (secondary N) is 2. The summed E-state index contributed by atoms with van der Waals surface area (Å²) in [4.78, 5) is 4.42. The summed E-state index contributed by atoms with van der Waals surface area (Å²) >= 11 is 0. The van der Waals surface area contributed by atoms with Crippen LogP contribution in [0.4, 0.5) is 0 Å². The summed E-state index contributed by atoms with van der Waals surface area (Å²) in [6.07, 6.45) is 3.81. The minimum atomic E-state index is 0.443. The van der Waals surface area contributed by atoms with Gasteiger partial charge in [-0.05, 0) is 30.1 Å². The van der Waals surface area contributed by atoms with E-state index in [0.29, 0.717) is 16.9 Å². The van der Waals surface area contributed by atoms with Crippen molar-refractivity contribution in [2.24, 2.45) is 15.8 Å². The molecule has 1 aliphatic heterocycles. The topological polar surface area (TPSA) is 36.4 Å². The van der Waals surface area contributed by atoms with Crippen LogP contribution in [0.2, 0.25) is 0 Å². The first-order chi connectivity index (χ1) is 7.36. The van der Waals surface area contributed by atoms with Crippen LogP contribution in [0.5, 0.6) is 0 Å². The lowest BCUT2D eigenvalue weighted by Gasteiger charge is -2.45. The maximum Gasteiger partial charge on any atom is 0.191 e. The Labute approximate surface area is 99.1 Å². The summed E-state index contributed by atoms with van der Waals surface area (Å²) in [6.45, 7) is 11.4. The molecule has 1 heterocycles. The SMILES string of the molecule is CC1(C)CC(NC2=NCCN2)CC(C)(C)C1. The maximum absolute atomic E-state index is 4.42. The first-order valence-electron chi connectivity index (χ1n) is 6.41. The number of guanidine groups is 1.